The molecule has 0 aromatic heterocycles. The molecule has 1 aromatic rings. The summed E-state index contributed by atoms with van der Waals surface area (Å²) in [6.07, 6.45) is 11.1. The number of ketones is 1. The molecule has 128 valence electrons. The Labute approximate surface area is 144 Å². The summed E-state index contributed by atoms with van der Waals surface area (Å²) < 4.78 is 5.44. The lowest BCUT2D eigenvalue weighted by atomic mass is 9.48. The third kappa shape index (κ3) is 2.97. The van der Waals surface area contributed by atoms with E-state index < -0.39 is 0 Å². The first-order valence-electron chi connectivity index (χ1n) is 9.37. The number of carbonyl (C=O) groups excluding carboxylic acids is 1. The minimum Gasteiger partial charge on any atom is -0.494 e. The van der Waals surface area contributed by atoms with Gasteiger partial charge in [0.05, 0.1) is 6.61 Å². The van der Waals surface area contributed by atoms with E-state index in [0.29, 0.717) is 12.4 Å². The quantitative estimate of drug-likeness (QED) is 0.764. The second-order valence-electron chi connectivity index (χ2n) is 8.00. The minimum absolute atomic E-state index is 0.0360. The molecule has 3 heteroatoms. The molecule has 5 rings (SSSR count). The van der Waals surface area contributed by atoms with Crippen LogP contribution < -0.4 is 10.1 Å². The molecule has 4 aliphatic carbocycles. The van der Waals surface area contributed by atoms with Crippen LogP contribution in [0.15, 0.2) is 36.5 Å². The van der Waals surface area contributed by atoms with Gasteiger partial charge in [-0.05, 0) is 93.5 Å². The summed E-state index contributed by atoms with van der Waals surface area (Å²) >= 11 is 0. The van der Waals surface area contributed by atoms with E-state index in [9.17, 15) is 4.79 Å². The molecule has 0 radical (unpaired) electrons. The van der Waals surface area contributed by atoms with Crippen LogP contribution in [0.4, 0.5) is 5.69 Å². The van der Waals surface area contributed by atoms with Gasteiger partial charge in [0.1, 0.15) is 5.75 Å². The van der Waals surface area contributed by atoms with Gasteiger partial charge in [-0.1, -0.05) is 0 Å². The normalized spacial score (nSPS) is 33.8. The summed E-state index contributed by atoms with van der Waals surface area (Å²) in [6, 6.07) is 7.84. The van der Waals surface area contributed by atoms with Crippen LogP contribution in [-0.4, -0.2) is 12.4 Å². The second-order valence-corrected chi connectivity index (χ2v) is 8.00. The Bertz CT molecular complexity index is 596. The van der Waals surface area contributed by atoms with E-state index in [4.69, 9.17) is 4.74 Å². The topological polar surface area (TPSA) is 38.3 Å². The van der Waals surface area contributed by atoms with Crippen LogP contribution in [0.3, 0.4) is 0 Å². The van der Waals surface area contributed by atoms with E-state index in [1.165, 1.54) is 19.3 Å². The lowest BCUT2D eigenvalue weighted by molar-refractivity contribution is -0.138. The number of anilines is 1. The van der Waals surface area contributed by atoms with Crippen molar-refractivity contribution in [1.29, 1.82) is 0 Å². The van der Waals surface area contributed by atoms with Crippen molar-refractivity contribution >= 4 is 11.5 Å². The molecule has 0 amide bonds. The van der Waals surface area contributed by atoms with Crippen LogP contribution in [0.1, 0.15) is 45.4 Å². The Kier molecular flexibility index (Phi) is 4.11. The molecule has 0 aliphatic heterocycles. The van der Waals surface area contributed by atoms with Gasteiger partial charge in [0.2, 0.25) is 0 Å². The largest absolute Gasteiger partial charge is 0.494 e. The summed E-state index contributed by atoms with van der Waals surface area (Å²) in [5.74, 6) is 3.66. The maximum atomic E-state index is 12.9. The standard InChI is InChI=1S/C21H27NO2/c1-2-24-19-5-3-18(4-6-19)22-8-7-20(23)21-12-15-9-16(13-21)11-17(10-15)14-21/h3-8,15-17,22H,2,9-14H2,1H3/b8-7+. The highest BCUT2D eigenvalue weighted by molar-refractivity contribution is 5.95. The number of carbonyl (C=O) groups is 1. The molecule has 1 N–H and O–H groups in total. The van der Waals surface area contributed by atoms with Gasteiger partial charge in [0.15, 0.2) is 5.78 Å². The lowest BCUT2D eigenvalue weighted by Crippen LogP contribution is -2.49. The predicted octanol–water partition coefficient (Wildman–Crippen LogP) is 4.80. The van der Waals surface area contributed by atoms with E-state index in [-0.39, 0.29) is 5.41 Å². The van der Waals surface area contributed by atoms with E-state index in [2.05, 4.69) is 5.32 Å². The maximum Gasteiger partial charge on any atom is 0.163 e. The highest BCUT2D eigenvalue weighted by Gasteiger charge is 2.53. The number of benzene rings is 1. The molecule has 4 aliphatic rings. The fraction of sp³-hybridized carbons (Fsp3) is 0.571. The number of hydrogen-bond acceptors (Lipinski definition) is 3. The highest BCUT2D eigenvalue weighted by atomic mass is 16.5. The average Bonchev–Trinajstić information content (AvgIpc) is 2.55. The van der Waals surface area contributed by atoms with Crippen molar-refractivity contribution in [2.45, 2.75) is 45.4 Å². The summed E-state index contributed by atoms with van der Waals surface area (Å²) in [4.78, 5) is 12.9. The van der Waals surface area contributed by atoms with Crippen molar-refractivity contribution in [2.75, 3.05) is 11.9 Å². The zero-order valence-corrected chi connectivity index (χ0v) is 14.5. The Hall–Kier alpha value is -1.77. The van der Waals surface area contributed by atoms with Crippen molar-refractivity contribution in [3.05, 3.63) is 36.5 Å². The van der Waals surface area contributed by atoms with Crippen LogP contribution in [0, 0.1) is 23.2 Å². The monoisotopic (exact) mass is 325 g/mol. The zero-order chi connectivity index (χ0) is 16.6. The van der Waals surface area contributed by atoms with E-state index in [0.717, 1.165) is 48.5 Å². The zero-order valence-electron chi connectivity index (χ0n) is 14.5. The van der Waals surface area contributed by atoms with Crippen LogP contribution in [0.2, 0.25) is 0 Å². The Morgan fingerprint density at radius 1 is 1.12 bits per heavy atom. The Balaban J connectivity index is 1.38. The summed E-state index contributed by atoms with van der Waals surface area (Å²) in [7, 11) is 0. The third-order valence-electron chi connectivity index (χ3n) is 6.21. The van der Waals surface area contributed by atoms with E-state index >= 15 is 0 Å². The van der Waals surface area contributed by atoms with E-state index in [1.807, 2.05) is 37.4 Å². The number of rotatable bonds is 6. The number of allylic oxidation sites excluding steroid dienone is 1. The number of hydrogen-bond donors (Lipinski definition) is 1. The molecule has 24 heavy (non-hydrogen) atoms. The maximum absolute atomic E-state index is 12.9. The van der Waals surface area contributed by atoms with Crippen molar-refractivity contribution < 1.29 is 9.53 Å². The predicted molar refractivity (Wildman–Crippen MR) is 96.0 cm³/mol. The average molecular weight is 325 g/mol. The van der Waals surface area contributed by atoms with Crippen molar-refractivity contribution in [3.8, 4) is 5.75 Å². The molecule has 4 fully saturated rings. The Morgan fingerprint density at radius 3 is 2.25 bits per heavy atom. The molecule has 4 bridgehead atoms. The summed E-state index contributed by atoms with van der Waals surface area (Å²) in [5, 5.41) is 3.22. The summed E-state index contributed by atoms with van der Waals surface area (Å²) in [5.41, 5.74) is 0.944. The molecule has 0 unspecified atom stereocenters. The second kappa shape index (κ2) is 6.27. The van der Waals surface area contributed by atoms with Crippen molar-refractivity contribution in [1.82, 2.24) is 0 Å². The number of ether oxygens (including phenoxy) is 1. The first kappa shape index (κ1) is 15.7. The molecule has 0 spiro atoms. The van der Waals surface area contributed by atoms with Crippen LogP contribution in [0.25, 0.3) is 0 Å². The van der Waals surface area contributed by atoms with Gasteiger partial charge in [-0.2, -0.15) is 0 Å². The first-order chi connectivity index (χ1) is 11.7. The van der Waals surface area contributed by atoms with Crippen molar-refractivity contribution in [2.24, 2.45) is 23.2 Å². The summed E-state index contributed by atoms with van der Waals surface area (Å²) in [6.45, 7) is 2.65. The molecule has 3 nitrogen and oxygen atoms in total. The number of nitrogens with one attached hydrogen (secondary N) is 1. The van der Waals surface area contributed by atoms with Gasteiger partial charge < -0.3 is 10.1 Å². The minimum atomic E-state index is -0.0360. The first-order valence-corrected chi connectivity index (χ1v) is 9.37. The van der Waals surface area contributed by atoms with Crippen LogP contribution >= 0.6 is 0 Å². The molecule has 0 atom stereocenters. The molecule has 0 heterocycles. The molecule has 0 saturated heterocycles. The highest BCUT2D eigenvalue weighted by Crippen LogP contribution is 2.60. The molecular weight excluding hydrogens is 298 g/mol. The van der Waals surface area contributed by atoms with Gasteiger partial charge >= 0.3 is 0 Å². The van der Waals surface area contributed by atoms with Crippen LogP contribution in [-0.2, 0) is 4.79 Å². The van der Waals surface area contributed by atoms with Gasteiger partial charge in [0, 0.05) is 17.3 Å². The smallest absolute Gasteiger partial charge is 0.163 e. The SMILES string of the molecule is CCOc1ccc(N/C=C/C(=O)C23CC4CC(CC(C4)C2)C3)cc1. The molecule has 4 saturated carbocycles. The fourth-order valence-corrected chi connectivity index (χ4v) is 5.62. The Morgan fingerprint density at radius 2 is 1.71 bits per heavy atom. The third-order valence-corrected chi connectivity index (χ3v) is 6.21. The van der Waals surface area contributed by atoms with Gasteiger partial charge in [-0.25, -0.2) is 0 Å². The van der Waals surface area contributed by atoms with E-state index in [1.54, 1.807) is 6.08 Å². The fourth-order valence-electron chi connectivity index (χ4n) is 5.62. The van der Waals surface area contributed by atoms with Gasteiger partial charge in [0.25, 0.3) is 0 Å². The van der Waals surface area contributed by atoms with Gasteiger partial charge in [-0.15, -0.1) is 0 Å². The molecular formula is C21H27NO2. The van der Waals surface area contributed by atoms with Gasteiger partial charge in [-0.3, -0.25) is 4.79 Å². The molecule has 1 aromatic carbocycles. The van der Waals surface area contributed by atoms with Crippen molar-refractivity contribution in [3.63, 3.8) is 0 Å². The lowest BCUT2D eigenvalue weighted by Gasteiger charge is -2.55. The van der Waals surface area contributed by atoms with Crippen LogP contribution in [0.5, 0.6) is 5.75 Å².